The summed E-state index contributed by atoms with van der Waals surface area (Å²) in [5, 5.41) is 16.6. The monoisotopic (exact) mass is 829 g/mol. The fourth-order valence-corrected chi connectivity index (χ4v) is 11.0. The quantitative estimate of drug-likeness (QED) is 0.173. The van der Waals surface area contributed by atoms with Crippen molar-refractivity contribution in [3.8, 4) is 0 Å². The Morgan fingerprint density at radius 3 is 2.10 bits per heavy atom. The second-order valence-electron chi connectivity index (χ2n) is 18.7. The topological polar surface area (TPSA) is 190 Å². The van der Waals surface area contributed by atoms with Crippen molar-refractivity contribution in [3.63, 3.8) is 0 Å². The molecule has 5 aliphatic rings. The fourth-order valence-electron chi connectivity index (χ4n) is 11.0. The number of aliphatic hydroxyl groups is 1. The predicted molar refractivity (Wildman–Crippen MR) is 213 cm³/mol. The van der Waals surface area contributed by atoms with Crippen LogP contribution in [-0.4, -0.2) is 88.7 Å². The largest absolute Gasteiger partial charge is 0.458 e. The van der Waals surface area contributed by atoms with Crippen molar-refractivity contribution in [1.82, 2.24) is 5.32 Å². The first kappa shape index (κ1) is 43.0. The van der Waals surface area contributed by atoms with Crippen molar-refractivity contribution in [1.29, 1.82) is 0 Å². The number of hydrogen-bond acceptors (Lipinski definition) is 13. The maximum absolute atomic E-state index is 15.6. The van der Waals surface area contributed by atoms with E-state index in [1.54, 1.807) is 109 Å². The van der Waals surface area contributed by atoms with Crippen molar-refractivity contribution in [3.05, 3.63) is 82.9 Å². The van der Waals surface area contributed by atoms with Crippen molar-refractivity contribution < 1.29 is 62.3 Å². The molecule has 0 unspecified atom stereocenters. The highest BCUT2D eigenvalue weighted by molar-refractivity contribution is 5.98. The van der Waals surface area contributed by atoms with E-state index in [0.29, 0.717) is 17.6 Å². The lowest BCUT2D eigenvalue weighted by molar-refractivity contribution is -0.356. The Morgan fingerprint density at radius 2 is 1.53 bits per heavy atom. The molecule has 4 aliphatic carbocycles. The van der Waals surface area contributed by atoms with Crippen LogP contribution in [0.4, 0.5) is 4.79 Å². The number of Topliss-reactive ketones (excluding diaryl/α,β-unsaturated/α-hetero) is 1. The van der Waals surface area contributed by atoms with Gasteiger partial charge in [-0.2, -0.15) is 0 Å². The van der Waals surface area contributed by atoms with Gasteiger partial charge in [0.2, 0.25) is 0 Å². The van der Waals surface area contributed by atoms with E-state index in [0.717, 1.165) is 0 Å². The van der Waals surface area contributed by atoms with Crippen LogP contribution in [0.5, 0.6) is 0 Å². The van der Waals surface area contributed by atoms with E-state index in [9.17, 15) is 29.1 Å². The lowest BCUT2D eigenvalue weighted by Crippen LogP contribution is -2.82. The molecule has 7 rings (SSSR count). The number of ether oxygens (including phenoxy) is 6. The van der Waals surface area contributed by atoms with Crippen LogP contribution in [0.15, 0.2) is 71.8 Å². The summed E-state index contributed by atoms with van der Waals surface area (Å²) in [5.74, 6) is -3.86. The molecule has 14 nitrogen and oxygen atoms in total. The highest BCUT2D eigenvalue weighted by atomic mass is 16.6. The first-order valence-electron chi connectivity index (χ1n) is 20.5. The molecule has 1 aliphatic heterocycles. The number of carbonyl (C=O) groups excluding carboxylic acids is 6. The molecule has 0 aromatic heterocycles. The number of benzene rings is 2. The van der Waals surface area contributed by atoms with Crippen LogP contribution in [-0.2, 0) is 47.6 Å². The van der Waals surface area contributed by atoms with E-state index in [1.165, 1.54) is 13.8 Å². The molecule has 2 aromatic rings. The lowest BCUT2D eigenvalue weighted by Gasteiger charge is -2.69. The van der Waals surface area contributed by atoms with Gasteiger partial charge in [0.1, 0.15) is 29.5 Å². The Bertz CT molecular complexity index is 2130. The van der Waals surface area contributed by atoms with Crippen LogP contribution in [0.25, 0.3) is 0 Å². The summed E-state index contributed by atoms with van der Waals surface area (Å²) >= 11 is 0. The fraction of sp³-hybridized carbons (Fsp3) is 0.565. The Morgan fingerprint density at radius 1 is 0.900 bits per heavy atom. The number of nitrogens with one attached hydrogen (secondary N) is 1. The maximum atomic E-state index is 15.6. The number of carbonyl (C=O) groups is 6. The van der Waals surface area contributed by atoms with E-state index in [-0.39, 0.29) is 42.9 Å². The first-order chi connectivity index (χ1) is 28.0. The minimum absolute atomic E-state index is 0.157. The summed E-state index contributed by atoms with van der Waals surface area (Å²) in [6, 6.07) is 16.1. The number of fused-ring (bicyclic) bond motifs is 4. The summed E-state index contributed by atoms with van der Waals surface area (Å²) in [7, 11) is 0. The van der Waals surface area contributed by atoms with Gasteiger partial charge in [0.15, 0.2) is 17.5 Å². The van der Waals surface area contributed by atoms with Crippen molar-refractivity contribution in [2.45, 2.75) is 135 Å². The molecule has 4 fully saturated rings. The molecule has 1 saturated heterocycles. The molecule has 2 N–H and O–H groups in total. The zero-order valence-corrected chi connectivity index (χ0v) is 35.6. The van der Waals surface area contributed by atoms with Crippen LogP contribution in [0.1, 0.15) is 110 Å². The van der Waals surface area contributed by atoms with Gasteiger partial charge in [-0.05, 0) is 75.3 Å². The van der Waals surface area contributed by atoms with Gasteiger partial charge in [-0.3, -0.25) is 19.2 Å². The van der Waals surface area contributed by atoms with Gasteiger partial charge in [0.25, 0.3) is 0 Å². The van der Waals surface area contributed by atoms with E-state index in [4.69, 9.17) is 28.4 Å². The number of hydrogen-bond donors (Lipinski definition) is 2. The minimum atomic E-state index is -2.19. The van der Waals surface area contributed by atoms with Gasteiger partial charge in [0.05, 0.1) is 30.0 Å². The molecular formula is C46H55NO13. The van der Waals surface area contributed by atoms with Crippen LogP contribution in [0.2, 0.25) is 0 Å². The van der Waals surface area contributed by atoms with Gasteiger partial charge >= 0.3 is 30.0 Å². The van der Waals surface area contributed by atoms with Crippen LogP contribution >= 0.6 is 0 Å². The molecule has 1 heterocycles. The Balaban J connectivity index is 1.38. The van der Waals surface area contributed by atoms with Crippen LogP contribution < -0.4 is 5.32 Å². The van der Waals surface area contributed by atoms with Crippen molar-refractivity contribution in [2.75, 3.05) is 6.61 Å². The smallest absolute Gasteiger partial charge is 0.408 e. The third-order valence-corrected chi connectivity index (χ3v) is 13.9. The highest BCUT2D eigenvalue weighted by Crippen LogP contribution is 2.80. The number of esters is 4. The summed E-state index contributed by atoms with van der Waals surface area (Å²) in [4.78, 5) is 83.3. The maximum Gasteiger partial charge on any atom is 0.408 e. The minimum Gasteiger partial charge on any atom is -0.458 e. The molecule has 10 atom stereocenters. The normalized spacial score (nSPS) is 34.0. The van der Waals surface area contributed by atoms with E-state index >= 15 is 4.79 Å². The number of amides is 1. The highest BCUT2D eigenvalue weighted by Gasteiger charge is 2.89. The standard InChI is InChI=1S/C46H55NO13/c1-25-32(57-34(50)21-31(28-16-12-10-13-17-28)47-40(53)60-41(4,5)6)23-45(54)39(58-38(52)29-18-14-11-15-19-29)43(9)44(37(51)36(56-26(2)48)35(25)42(45,7)8)22-30(44)20-33-46(43,24-55-33)59-27(3)49/h10-19,30-33,36,39,54H,20-24H2,1-9H3,(H,47,53)/t30-,31-,32+,33-,36-,39+,43+,44+,45-,46+/m1/s1. The van der Waals surface area contributed by atoms with Crippen molar-refractivity contribution >= 4 is 35.8 Å². The Kier molecular flexibility index (Phi) is 10.6. The van der Waals surface area contributed by atoms with Crippen LogP contribution in [0, 0.1) is 22.2 Å². The van der Waals surface area contributed by atoms with E-state index < -0.39 is 99.3 Å². The van der Waals surface area contributed by atoms with Gasteiger partial charge in [-0.15, -0.1) is 0 Å². The van der Waals surface area contributed by atoms with Crippen molar-refractivity contribution in [2.24, 2.45) is 22.2 Å². The third-order valence-electron chi connectivity index (χ3n) is 13.9. The first-order valence-corrected chi connectivity index (χ1v) is 20.5. The zero-order valence-electron chi connectivity index (χ0n) is 35.6. The number of alkyl carbamates (subject to hydrolysis) is 1. The molecular weight excluding hydrogens is 774 g/mol. The Labute approximate surface area is 349 Å². The van der Waals surface area contributed by atoms with E-state index in [2.05, 4.69) is 5.32 Å². The van der Waals surface area contributed by atoms with Gasteiger partial charge < -0.3 is 38.8 Å². The molecule has 2 bridgehead atoms. The summed E-state index contributed by atoms with van der Waals surface area (Å²) < 4.78 is 36.7. The zero-order chi connectivity index (χ0) is 43.8. The average Bonchev–Trinajstić information content (AvgIpc) is 3.90. The molecule has 0 radical (unpaired) electrons. The number of ketones is 1. The molecule has 1 amide bonds. The molecule has 60 heavy (non-hydrogen) atoms. The second kappa shape index (κ2) is 14.8. The predicted octanol–water partition coefficient (Wildman–Crippen LogP) is 5.89. The average molecular weight is 830 g/mol. The molecule has 14 heteroatoms. The summed E-state index contributed by atoms with van der Waals surface area (Å²) in [5.41, 5.74) is -7.85. The van der Waals surface area contributed by atoms with Gasteiger partial charge in [-0.1, -0.05) is 69.3 Å². The number of rotatable bonds is 9. The van der Waals surface area contributed by atoms with Crippen LogP contribution in [0.3, 0.4) is 0 Å². The molecule has 3 saturated carbocycles. The summed E-state index contributed by atoms with van der Waals surface area (Å²) in [6.45, 7) is 14.1. The molecule has 1 spiro atoms. The Hall–Kier alpha value is -5.08. The van der Waals surface area contributed by atoms with Gasteiger partial charge in [0, 0.05) is 31.1 Å². The molecule has 322 valence electrons. The SMILES string of the molecule is CC(=O)O[C@H]1C(=O)[C@]23C[C@H]2C[C@H]2OC[C@@]2(OC(C)=O)[C@@]3(C)[C@H](OC(=O)c2ccccc2)[C@]2(O)C[C@H](OC(=O)C[C@@H](NC(=O)OC(C)(C)C)c3ccccc3)C(C)=C1C2(C)C. The van der Waals surface area contributed by atoms with E-state index in [1.807, 2.05) is 0 Å². The second-order valence-corrected chi connectivity index (χ2v) is 18.7. The third kappa shape index (κ3) is 6.70. The summed E-state index contributed by atoms with van der Waals surface area (Å²) in [6.07, 6.45) is -5.99. The lowest BCUT2D eigenvalue weighted by atomic mass is 9.42. The molecule has 2 aromatic carbocycles. The van der Waals surface area contributed by atoms with Gasteiger partial charge in [-0.25, -0.2) is 9.59 Å².